The maximum Gasteiger partial charge on any atom is 0.306 e. The molecule has 0 saturated carbocycles. The second kappa shape index (κ2) is 7.40. The van der Waals surface area contributed by atoms with E-state index in [1.807, 2.05) is 25.1 Å². The van der Waals surface area contributed by atoms with Gasteiger partial charge in [-0.05, 0) is 44.4 Å². The summed E-state index contributed by atoms with van der Waals surface area (Å²) in [6.07, 6.45) is 2.00. The SMILES string of the molecule is CCCn1c(C)c(C(=O)N2CCC(C(=O)O)CC2)c2cc(OC)ccc21. The monoisotopic (exact) mass is 358 g/mol. The van der Waals surface area contributed by atoms with Crippen LogP contribution in [0.1, 0.15) is 42.2 Å². The summed E-state index contributed by atoms with van der Waals surface area (Å²) in [4.78, 5) is 26.2. The third kappa shape index (κ3) is 3.16. The average molecular weight is 358 g/mol. The van der Waals surface area contributed by atoms with Gasteiger partial charge in [-0.1, -0.05) is 6.92 Å². The number of likely N-dealkylation sites (tertiary alicyclic amines) is 1. The molecule has 0 radical (unpaired) electrons. The van der Waals surface area contributed by atoms with Gasteiger partial charge in [0.25, 0.3) is 5.91 Å². The molecular formula is C20H26N2O4. The highest BCUT2D eigenvalue weighted by molar-refractivity contribution is 6.08. The summed E-state index contributed by atoms with van der Waals surface area (Å²) in [6.45, 7) is 5.93. The number of aryl methyl sites for hydroxylation is 1. The molecule has 0 spiro atoms. The quantitative estimate of drug-likeness (QED) is 0.890. The van der Waals surface area contributed by atoms with Gasteiger partial charge in [-0.3, -0.25) is 9.59 Å². The van der Waals surface area contributed by atoms with Crippen LogP contribution in [0.2, 0.25) is 0 Å². The topological polar surface area (TPSA) is 71.8 Å². The second-order valence-electron chi connectivity index (χ2n) is 6.90. The molecule has 2 heterocycles. The smallest absolute Gasteiger partial charge is 0.306 e. The molecule has 2 aromatic rings. The minimum absolute atomic E-state index is 0.0144. The first kappa shape index (κ1) is 18.3. The summed E-state index contributed by atoms with van der Waals surface area (Å²) in [7, 11) is 1.62. The van der Waals surface area contributed by atoms with Gasteiger partial charge in [-0.2, -0.15) is 0 Å². The Morgan fingerprint density at radius 1 is 1.27 bits per heavy atom. The van der Waals surface area contributed by atoms with E-state index in [0.29, 0.717) is 31.5 Å². The highest BCUT2D eigenvalue weighted by Crippen LogP contribution is 2.31. The Labute approximate surface area is 153 Å². The average Bonchev–Trinajstić information content (AvgIpc) is 2.92. The van der Waals surface area contributed by atoms with E-state index < -0.39 is 5.97 Å². The summed E-state index contributed by atoms with van der Waals surface area (Å²) in [5, 5.41) is 10.1. The number of carboxylic acids is 1. The van der Waals surface area contributed by atoms with Gasteiger partial charge in [-0.25, -0.2) is 0 Å². The number of rotatable bonds is 5. The molecule has 0 aliphatic carbocycles. The van der Waals surface area contributed by atoms with Crippen LogP contribution in [0.4, 0.5) is 0 Å². The molecule has 1 aliphatic heterocycles. The van der Waals surface area contributed by atoms with Crippen LogP contribution in [-0.2, 0) is 11.3 Å². The van der Waals surface area contributed by atoms with Gasteiger partial charge in [0, 0.05) is 36.2 Å². The number of carboxylic acid groups (broad SMARTS) is 1. The van der Waals surface area contributed by atoms with Crippen LogP contribution in [0.25, 0.3) is 10.9 Å². The lowest BCUT2D eigenvalue weighted by Gasteiger charge is -2.30. The fourth-order valence-electron chi connectivity index (χ4n) is 3.86. The van der Waals surface area contributed by atoms with E-state index in [4.69, 9.17) is 9.84 Å². The number of amides is 1. The lowest BCUT2D eigenvalue weighted by Crippen LogP contribution is -2.40. The predicted molar refractivity (Wildman–Crippen MR) is 99.8 cm³/mol. The van der Waals surface area contributed by atoms with Crippen LogP contribution in [0.15, 0.2) is 18.2 Å². The minimum Gasteiger partial charge on any atom is -0.497 e. The van der Waals surface area contributed by atoms with E-state index in [1.165, 1.54) is 0 Å². The van der Waals surface area contributed by atoms with Crippen LogP contribution < -0.4 is 4.74 Å². The molecule has 140 valence electrons. The van der Waals surface area contributed by atoms with Crippen molar-refractivity contribution < 1.29 is 19.4 Å². The summed E-state index contributed by atoms with van der Waals surface area (Å²) in [5.74, 6) is -0.400. The van der Waals surface area contributed by atoms with Crippen molar-refractivity contribution in [3.63, 3.8) is 0 Å². The van der Waals surface area contributed by atoms with E-state index in [9.17, 15) is 9.59 Å². The molecule has 1 aliphatic rings. The van der Waals surface area contributed by atoms with Crippen molar-refractivity contribution in [3.8, 4) is 5.75 Å². The van der Waals surface area contributed by atoms with E-state index >= 15 is 0 Å². The van der Waals surface area contributed by atoms with Crippen molar-refractivity contribution in [3.05, 3.63) is 29.5 Å². The number of carbonyl (C=O) groups excluding carboxylic acids is 1. The largest absolute Gasteiger partial charge is 0.497 e. The number of aromatic nitrogens is 1. The highest BCUT2D eigenvalue weighted by atomic mass is 16.5. The number of fused-ring (bicyclic) bond motifs is 1. The molecule has 0 unspecified atom stereocenters. The van der Waals surface area contributed by atoms with Gasteiger partial charge in [0.15, 0.2) is 0 Å². The van der Waals surface area contributed by atoms with E-state index in [1.54, 1.807) is 12.0 Å². The summed E-state index contributed by atoms with van der Waals surface area (Å²) in [5.41, 5.74) is 2.70. The van der Waals surface area contributed by atoms with Crippen LogP contribution >= 0.6 is 0 Å². The van der Waals surface area contributed by atoms with Gasteiger partial charge < -0.3 is 19.3 Å². The number of nitrogens with zero attached hydrogens (tertiary/aromatic N) is 2. The maximum absolute atomic E-state index is 13.3. The number of aliphatic carboxylic acids is 1. The predicted octanol–water partition coefficient (Wildman–Crippen LogP) is 3.31. The molecule has 6 heteroatoms. The number of methoxy groups -OCH3 is 1. The molecular weight excluding hydrogens is 332 g/mol. The molecule has 1 fully saturated rings. The van der Waals surface area contributed by atoms with Crippen LogP contribution in [-0.4, -0.2) is 46.6 Å². The minimum atomic E-state index is -0.766. The Kier molecular flexibility index (Phi) is 5.20. The molecule has 1 saturated heterocycles. The summed E-state index contributed by atoms with van der Waals surface area (Å²) in [6, 6.07) is 5.84. The number of hydrogen-bond acceptors (Lipinski definition) is 3. The Hall–Kier alpha value is -2.50. The summed E-state index contributed by atoms with van der Waals surface area (Å²) >= 11 is 0. The molecule has 6 nitrogen and oxygen atoms in total. The lowest BCUT2D eigenvalue weighted by atomic mass is 9.96. The molecule has 1 amide bonds. The van der Waals surface area contributed by atoms with Crippen molar-refractivity contribution in [2.45, 2.75) is 39.7 Å². The van der Waals surface area contributed by atoms with Crippen molar-refractivity contribution in [2.24, 2.45) is 5.92 Å². The zero-order chi connectivity index (χ0) is 18.8. The van der Waals surface area contributed by atoms with E-state index in [0.717, 1.165) is 35.3 Å². The van der Waals surface area contributed by atoms with E-state index in [2.05, 4.69) is 11.5 Å². The third-order valence-electron chi connectivity index (χ3n) is 5.32. The first-order valence-electron chi connectivity index (χ1n) is 9.16. The highest BCUT2D eigenvalue weighted by Gasteiger charge is 2.30. The van der Waals surface area contributed by atoms with Crippen LogP contribution in [0.3, 0.4) is 0 Å². The zero-order valence-electron chi connectivity index (χ0n) is 15.6. The Morgan fingerprint density at radius 2 is 1.96 bits per heavy atom. The maximum atomic E-state index is 13.3. The molecule has 26 heavy (non-hydrogen) atoms. The van der Waals surface area contributed by atoms with Gasteiger partial charge in [0.1, 0.15) is 5.75 Å². The first-order valence-corrected chi connectivity index (χ1v) is 9.16. The number of hydrogen-bond donors (Lipinski definition) is 1. The fourth-order valence-corrected chi connectivity index (χ4v) is 3.86. The number of benzene rings is 1. The molecule has 1 N–H and O–H groups in total. The fraction of sp³-hybridized carbons (Fsp3) is 0.500. The van der Waals surface area contributed by atoms with Crippen molar-refractivity contribution >= 4 is 22.8 Å². The standard InChI is InChI=1S/C20H26N2O4/c1-4-9-22-13(2)18(16-12-15(26-3)5-6-17(16)22)19(23)21-10-7-14(8-11-21)20(24)25/h5-6,12,14H,4,7-11H2,1-3H3,(H,24,25). The lowest BCUT2D eigenvalue weighted by molar-refractivity contribution is -0.143. The van der Waals surface area contributed by atoms with Gasteiger partial charge >= 0.3 is 5.97 Å². The molecule has 0 atom stereocenters. The number of piperidine rings is 1. The molecule has 0 bridgehead atoms. The third-order valence-corrected chi connectivity index (χ3v) is 5.32. The number of ether oxygens (including phenoxy) is 1. The molecule has 1 aromatic heterocycles. The zero-order valence-corrected chi connectivity index (χ0v) is 15.6. The van der Waals surface area contributed by atoms with Gasteiger partial charge in [0.2, 0.25) is 0 Å². The Morgan fingerprint density at radius 3 is 2.54 bits per heavy atom. The second-order valence-corrected chi connectivity index (χ2v) is 6.90. The number of carbonyl (C=O) groups is 2. The normalized spacial score (nSPS) is 15.4. The first-order chi connectivity index (χ1) is 12.5. The van der Waals surface area contributed by atoms with Crippen molar-refractivity contribution in [2.75, 3.05) is 20.2 Å². The Balaban J connectivity index is 1.99. The van der Waals surface area contributed by atoms with Gasteiger partial charge in [0.05, 0.1) is 18.6 Å². The van der Waals surface area contributed by atoms with Crippen molar-refractivity contribution in [1.29, 1.82) is 0 Å². The molecule has 3 rings (SSSR count). The molecule has 1 aromatic carbocycles. The summed E-state index contributed by atoms with van der Waals surface area (Å²) < 4.78 is 7.54. The van der Waals surface area contributed by atoms with Gasteiger partial charge in [-0.15, -0.1) is 0 Å². The van der Waals surface area contributed by atoms with Crippen LogP contribution in [0.5, 0.6) is 5.75 Å². The van der Waals surface area contributed by atoms with Crippen molar-refractivity contribution in [1.82, 2.24) is 9.47 Å². The van der Waals surface area contributed by atoms with E-state index in [-0.39, 0.29) is 11.8 Å². The van der Waals surface area contributed by atoms with Crippen LogP contribution in [0, 0.1) is 12.8 Å². The Bertz CT molecular complexity index is 832.